The van der Waals surface area contributed by atoms with Crippen molar-refractivity contribution in [2.45, 2.75) is 64.7 Å². The van der Waals surface area contributed by atoms with Gasteiger partial charge in [0.25, 0.3) is 0 Å². The van der Waals surface area contributed by atoms with Crippen LogP contribution in [0.1, 0.15) is 67.4 Å². The molecule has 2 fully saturated rings. The standard InChI is InChI=1S/C27H34FN3O3S/c1-16-15-29-26(35-16)30-24(33)8-4-18-14-23(31-34-12-11-28)27(2)10-9-21-20-7-5-19(32)13-17(20)3-6-22(21)25(18)27/h5,7,13,15,18,21-22,25,32H,3-4,6,8-12,14H2,1-2H3,(H,29,30,33)/b31-23+/t18-,21-,22-,25+,27-/m1/s1. The number of thiazole rings is 1. The molecule has 0 saturated heterocycles. The Morgan fingerprint density at radius 2 is 2.26 bits per heavy atom. The number of aryl methyl sites for hydroxylation is 2. The van der Waals surface area contributed by atoms with Gasteiger partial charge in [-0.15, -0.1) is 11.3 Å². The molecule has 5 atom stereocenters. The molecule has 0 bridgehead atoms. The van der Waals surface area contributed by atoms with Crippen LogP contribution in [0.25, 0.3) is 0 Å². The number of hydrogen-bond donors (Lipinski definition) is 2. The molecule has 6 nitrogen and oxygen atoms in total. The Hall–Kier alpha value is -2.48. The number of phenols is 1. The van der Waals surface area contributed by atoms with Crippen LogP contribution in [0.15, 0.2) is 29.6 Å². The van der Waals surface area contributed by atoms with Crippen LogP contribution in [-0.4, -0.2) is 35.0 Å². The molecule has 8 heteroatoms. The van der Waals surface area contributed by atoms with Gasteiger partial charge in [0.2, 0.25) is 5.91 Å². The summed E-state index contributed by atoms with van der Waals surface area (Å²) >= 11 is 1.49. The first kappa shape index (κ1) is 24.2. The van der Waals surface area contributed by atoms with Crippen LogP contribution in [0.2, 0.25) is 0 Å². The van der Waals surface area contributed by atoms with Crippen molar-refractivity contribution in [3.8, 4) is 5.75 Å². The van der Waals surface area contributed by atoms with Gasteiger partial charge in [-0.3, -0.25) is 4.79 Å². The average Bonchev–Trinajstić information content (AvgIpc) is 3.37. The third-order valence-corrected chi connectivity index (χ3v) is 9.37. The van der Waals surface area contributed by atoms with E-state index in [0.29, 0.717) is 41.0 Å². The molecule has 0 aliphatic heterocycles. The Bertz CT molecular complexity index is 1120. The van der Waals surface area contributed by atoms with Crippen molar-refractivity contribution in [2.75, 3.05) is 18.6 Å². The van der Waals surface area contributed by atoms with Crippen molar-refractivity contribution >= 4 is 28.1 Å². The van der Waals surface area contributed by atoms with E-state index >= 15 is 0 Å². The fourth-order valence-corrected chi connectivity index (χ4v) is 7.81. The normalized spacial score (nSPS) is 30.4. The molecule has 0 spiro atoms. The molecule has 2 saturated carbocycles. The van der Waals surface area contributed by atoms with E-state index in [1.54, 1.807) is 6.20 Å². The van der Waals surface area contributed by atoms with Crippen molar-refractivity contribution in [2.24, 2.45) is 28.3 Å². The number of rotatable bonds is 7. The molecule has 1 aromatic carbocycles. The number of oxime groups is 1. The Morgan fingerprint density at radius 1 is 1.40 bits per heavy atom. The molecule has 3 aliphatic carbocycles. The second-order valence-electron chi connectivity index (χ2n) is 10.6. The smallest absolute Gasteiger partial charge is 0.226 e. The number of nitrogens with zero attached hydrogens (tertiary/aromatic N) is 2. The molecule has 5 rings (SSSR count). The van der Waals surface area contributed by atoms with Crippen molar-refractivity contribution < 1.29 is 19.1 Å². The van der Waals surface area contributed by atoms with Gasteiger partial charge < -0.3 is 15.3 Å². The Balaban J connectivity index is 1.37. The minimum atomic E-state index is -0.551. The number of aromatic hydroxyl groups is 1. The zero-order chi connectivity index (χ0) is 24.6. The predicted molar refractivity (Wildman–Crippen MR) is 136 cm³/mol. The fourth-order valence-electron chi connectivity index (χ4n) is 7.13. The number of hydrogen-bond acceptors (Lipinski definition) is 6. The number of aromatic nitrogens is 1. The van der Waals surface area contributed by atoms with Gasteiger partial charge in [-0.2, -0.15) is 0 Å². The predicted octanol–water partition coefficient (Wildman–Crippen LogP) is 6.00. The summed E-state index contributed by atoms with van der Waals surface area (Å²) in [6.45, 7) is 3.70. The highest BCUT2D eigenvalue weighted by molar-refractivity contribution is 7.15. The summed E-state index contributed by atoms with van der Waals surface area (Å²) in [7, 11) is 0. The molecule has 1 aromatic heterocycles. The van der Waals surface area contributed by atoms with Crippen molar-refractivity contribution in [1.29, 1.82) is 0 Å². The number of halogens is 1. The maximum absolute atomic E-state index is 12.7. The molecule has 2 N–H and O–H groups in total. The molecule has 1 heterocycles. The van der Waals surface area contributed by atoms with Crippen LogP contribution in [0.5, 0.6) is 5.75 Å². The van der Waals surface area contributed by atoms with Gasteiger partial charge in [0.15, 0.2) is 5.13 Å². The van der Waals surface area contributed by atoms with Gasteiger partial charge in [0.05, 0.1) is 5.71 Å². The van der Waals surface area contributed by atoms with Gasteiger partial charge in [-0.25, -0.2) is 9.37 Å². The number of carbonyl (C=O) groups is 1. The van der Waals surface area contributed by atoms with Crippen LogP contribution >= 0.6 is 11.3 Å². The summed E-state index contributed by atoms with van der Waals surface area (Å²) in [5, 5.41) is 18.0. The number of benzene rings is 1. The largest absolute Gasteiger partial charge is 0.508 e. The number of phenolic OH excluding ortho intramolecular Hbond substituents is 1. The van der Waals surface area contributed by atoms with E-state index in [-0.39, 0.29) is 17.9 Å². The third kappa shape index (κ3) is 4.69. The van der Waals surface area contributed by atoms with Crippen molar-refractivity contribution in [1.82, 2.24) is 4.98 Å². The van der Waals surface area contributed by atoms with Gasteiger partial charge in [-0.05, 0) is 92.4 Å². The first-order chi connectivity index (χ1) is 16.9. The summed E-state index contributed by atoms with van der Waals surface area (Å²) in [5.41, 5.74) is 3.57. The van der Waals surface area contributed by atoms with Gasteiger partial charge in [-0.1, -0.05) is 18.1 Å². The second-order valence-corrected chi connectivity index (χ2v) is 11.8. The number of amides is 1. The van der Waals surface area contributed by atoms with E-state index in [2.05, 4.69) is 28.4 Å². The minimum absolute atomic E-state index is 0.00283. The fraction of sp³-hybridized carbons (Fsp3) is 0.593. The number of fused-ring (bicyclic) bond motifs is 5. The average molecular weight is 500 g/mol. The van der Waals surface area contributed by atoms with Crippen molar-refractivity contribution in [3.05, 3.63) is 40.4 Å². The summed E-state index contributed by atoms with van der Waals surface area (Å²) in [4.78, 5) is 23.4. The number of nitrogens with one attached hydrogen (secondary N) is 1. The van der Waals surface area contributed by atoms with E-state index in [4.69, 9.17) is 4.84 Å². The lowest BCUT2D eigenvalue weighted by Gasteiger charge is -2.50. The molecular formula is C27H34FN3O3S. The number of anilines is 1. The van der Waals surface area contributed by atoms with Gasteiger partial charge >= 0.3 is 0 Å². The highest BCUT2D eigenvalue weighted by Gasteiger charge is 2.57. The topological polar surface area (TPSA) is 83.8 Å². The Labute approximate surface area is 210 Å². The second kappa shape index (κ2) is 9.88. The molecule has 1 amide bonds. The van der Waals surface area contributed by atoms with Gasteiger partial charge in [0, 0.05) is 22.9 Å². The zero-order valence-corrected chi connectivity index (χ0v) is 21.2. The van der Waals surface area contributed by atoms with E-state index < -0.39 is 6.67 Å². The third-order valence-electron chi connectivity index (χ3n) is 8.54. The molecular weight excluding hydrogens is 465 g/mol. The first-order valence-corrected chi connectivity index (χ1v) is 13.5. The van der Waals surface area contributed by atoms with E-state index in [1.807, 2.05) is 19.1 Å². The molecule has 0 unspecified atom stereocenters. The van der Waals surface area contributed by atoms with Crippen LogP contribution in [0.3, 0.4) is 0 Å². The highest BCUT2D eigenvalue weighted by atomic mass is 32.1. The van der Waals surface area contributed by atoms with Crippen LogP contribution in [0, 0.1) is 30.1 Å². The van der Waals surface area contributed by atoms with Crippen LogP contribution in [-0.2, 0) is 16.1 Å². The first-order valence-electron chi connectivity index (χ1n) is 12.7. The lowest BCUT2D eigenvalue weighted by atomic mass is 9.54. The van der Waals surface area contributed by atoms with Crippen molar-refractivity contribution in [3.63, 3.8) is 0 Å². The maximum Gasteiger partial charge on any atom is 0.226 e. The lowest BCUT2D eigenvalue weighted by Crippen LogP contribution is -2.44. The molecule has 2 aromatic rings. The van der Waals surface area contributed by atoms with Crippen LogP contribution in [0.4, 0.5) is 9.52 Å². The van der Waals surface area contributed by atoms with Crippen LogP contribution < -0.4 is 5.32 Å². The van der Waals surface area contributed by atoms with E-state index in [1.165, 1.54) is 22.5 Å². The summed E-state index contributed by atoms with van der Waals surface area (Å²) in [6, 6.07) is 5.84. The molecule has 188 valence electrons. The molecule has 0 radical (unpaired) electrons. The monoisotopic (exact) mass is 499 g/mol. The zero-order valence-electron chi connectivity index (χ0n) is 20.4. The molecule has 3 aliphatic rings. The minimum Gasteiger partial charge on any atom is -0.508 e. The lowest BCUT2D eigenvalue weighted by molar-refractivity contribution is -0.116. The van der Waals surface area contributed by atoms with Gasteiger partial charge in [0.1, 0.15) is 19.0 Å². The summed E-state index contributed by atoms with van der Waals surface area (Å²) in [5.74, 6) is 2.00. The number of alkyl halides is 1. The maximum atomic E-state index is 12.7. The number of carbonyl (C=O) groups excluding carboxylic acids is 1. The highest BCUT2D eigenvalue weighted by Crippen LogP contribution is 2.62. The van der Waals surface area contributed by atoms with E-state index in [9.17, 15) is 14.3 Å². The van der Waals surface area contributed by atoms with E-state index in [0.717, 1.165) is 49.1 Å². The molecule has 35 heavy (non-hydrogen) atoms. The summed E-state index contributed by atoms with van der Waals surface area (Å²) in [6.07, 6.45) is 7.88. The quantitative estimate of drug-likeness (QED) is 0.361. The summed E-state index contributed by atoms with van der Waals surface area (Å²) < 4.78 is 12.7. The SMILES string of the molecule is Cc1cnc(NC(=O)CC[C@@H]2C/C(=N\OCCF)[C@@]3(C)CC[C@@H]4c5ccc(O)cc5CC[C@H]4[C@H]23)s1. The Morgan fingerprint density at radius 3 is 3.03 bits per heavy atom. The Kier molecular flexibility index (Phi) is 6.84.